The van der Waals surface area contributed by atoms with Crippen molar-refractivity contribution in [1.29, 1.82) is 0 Å². The average Bonchev–Trinajstić information content (AvgIpc) is 2.91. The van der Waals surface area contributed by atoms with Gasteiger partial charge in [0.1, 0.15) is 0 Å². The maximum Gasteiger partial charge on any atom is 0.319 e. The first-order chi connectivity index (χ1) is 10.2. The van der Waals surface area contributed by atoms with Crippen molar-refractivity contribution in [1.82, 2.24) is 5.32 Å². The van der Waals surface area contributed by atoms with Crippen LogP contribution in [0.5, 0.6) is 0 Å². The van der Waals surface area contributed by atoms with Gasteiger partial charge in [0.15, 0.2) is 0 Å². The van der Waals surface area contributed by atoms with Gasteiger partial charge in [0.05, 0.1) is 19.3 Å². The molecule has 0 aliphatic carbocycles. The Bertz CT molecular complexity index is 554. The second-order valence-electron chi connectivity index (χ2n) is 5.02. The molecule has 5 heteroatoms. The summed E-state index contributed by atoms with van der Waals surface area (Å²) in [5.74, 6) is 5.84. The molecule has 5 nitrogen and oxygen atoms in total. The standard InChI is InChI=1S/C16H20N2O3/c1-12-8-13(4-2-3-6-19)10-15(9-12)18-16(20)17-14-5-7-21-11-14/h8-10,14,19H,3,5-7,11H2,1H3,(H2,17,18,20). The Morgan fingerprint density at radius 2 is 2.33 bits per heavy atom. The van der Waals surface area contributed by atoms with Crippen molar-refractivity contribution in [3.05, 3.63) is 29.3 Å². The normalized spacial score (nSPS) is 17.0. The Kier molecular flexibility index (Phi) is 5.61. The molecule has 0 radical (unpaired) electrons. The molecule has 1 fully saturated rings. The van der Waals surface area contributed by atoms with Crippen molar-refractivity contribution in [2.45, 2.75) is 25.8 Å². The van der Waals surface area contributed by atoms with Crippen molar-refractivity contribution in [3.63, 3.8) is 0 Å². The number of aliphatic hydroxyl groups excluding tert-OH is 1. The number of aliphatic hydroxyl groups is 1. The molecule has 1 heterocycles. The van der Waals surface area contributed by atoms with Crippen LogP contribution in [0.25, 0.3) is 0 Å². The van der Waals surface area contributed by atoms with Crippen LogP contribution in [0.15, 0.2) is 18.2 Å². The van der Waals surface area contributed by atoms with Gasteiger partial charge in [0, 0.05) is 24.3 Å². The number of carbonyl (C=O) groups excluding carboxylic acids is 1. The molecule has 0 spiro atoms. The lowest BCUT2D eigenvalue weighted by atomic mass is 10.1. The smallest absolute Gasteiger partial charge is 0.319 e. The largest absolute Gasteiger partial charge is 0.395 e. The highest BCUT2D eigenvalue weighted by Crippen LogP contribution is 2.14. The summed E-state index contributed by atoms with van der Waals surface area (Å²) in [6, 6.07) is 5.51. The summed E-state index contributed by atoms with van der Waals surface area (Å²) < 4.78 is 5.22. The molecular weight excluding hydrogens is 268 g/mol. The molecule has 0 saturated carbocycles. The van der Waals surface area contributed by atoms with Gasteiger partial charge in [-0.05, 0) is 37.1 Å². The van der Waals surface area contributed by atoms with E-state index >= 15 is 0 Å². The Hall–Kier alpha value is -2.03. The van der Waals surface area contributed by atoms with Crippen LogP contribution in [0.3, 0.4) is 0 Å². The summed E-state index contributed by atoms with van der Waals surface area (Å²) in [6.45, 7) is 3.26. The lowest BCUT2D eigenvalue weighted by molar-refractivity contribution is 0.189. The van der Waals surface area contributed by atoms with Gasteiger partial charge < -0.3 is 20.5 Å². The quantitative estimate of drug-likeness (QED) is 0.741. The Morgan fingerprint density at radius 1 is 1.48 bits per heavy atom. The topological polar surface area (TPSA) is 70.6 Å². The predicted molar refractivity (Wildman–Crippen MR) is 81.1 cm³/mol. The van der Waals surface area contributed by atoms with E-state index in [0.717, 1.165) is 17.5 Å². The average molecular weight is 288 g/mol. The van der Waals surface area contributed by atoms with E-state index in [-0.39, 0.29) is 18.7 Å². The number of anilines is 1. The second kappa shape index (κ2) is 7.67. The molecule has 21 heavy (non-hydrogen) atoms. The minimum atomic E-state index is -0.231. The van der Waals surface area contributed by atoms with Gasteiger partial charge in [0.2, 0.25) is 0 Å². The van der Waals surface area contributed by atoms with Gasteiger partial charge in [-0.15, -0.1) is 0 Å². The lowest BCUT2D eigenvalue weighted by Crippen LogP contribution is -2.38. The van der Waals surface area contributed by atoms with Crippen LogP contribution in [0.2, 0.25) is 0 Å². The van der Waals surface area contributed by atoms with Gasteiger partial charge in [-0.2, -0.15) is 0 Å². The zero-order chi connectivity index (χ0) is 15.1. The second-order valence-corrected chi connectivity index (χ2v) is 5.02. The van der Waals surface area contributed by atoms with E-state index in [1.165, 1.54) is 0 Å². The molecule has 1 saturated heterocycles. The number of urea groups is 1. The molecule has 1 aliphatic rings. The zero-order valence-corrected chi connectivity index (χ0v) is 12.1. The van der Waals surface area contributed by atoms with Crippen LogP contribution in [0, 0.1) is 18.8 Å². The Balaban J connectivity index is 1.98. The first kappa shape index (κ1) is 15.4. The molecule has 1 aromatic rings. The number of hydrogen-bond acceptors (Lipinski definition) is 3. The molecule has 2 rings (SSSR count). The zero-order valence-electron chi connectivity index (χ0n) is 12.1. The Morgan fingerprint density at radius 3 is 3.05 bits per heavy atom. The summed E-state index contributed by atoms with van der Waals surface area (Å²) >= 11 is 0. The number of aryl methyl sites for hydroxylation is 1. The summed E-state index contributed by atoms with van der Waals surface area (Å²) in [5.41, 5.74) is 2.55. The van der Waals surface area contributed by atoms with Crippen LogP contribution >= 0.6 is 0 Å². The van der Waals surface area contributed by atoms with E-state index in [2.05, 4.69) is 22.5 Å². The van der Waals surface area contributed by atoms with Gasteiger partial charge in [-0.25, -0.2) is 4.79 Å². The monoisotopic (exact) mass is 288 g/mol. The molecule has 1 aromatic carbocycles. The summed E-state index contributed by atoms with van der Waals surface area (Å²) in [6.07, 6.45) is 1.29. The van der Waals surface area contributed by atoms with Gasteiger partial charge in [0.25, 0.3) is 0 Å². The fourth-order valence-corrected chi connectivity index (χ4v) is 2.15. The van der Waals surface area contributed by atoms with Gasteiger partial charge >= 0.3 is 6.03 Å². The highest BCUT2D eigenvalue weighted by Gasteiger charge is 2.17. The minimum Gasteiger partial charge on any atom is -0.395 e. The van der Waals surface area contributed by atoms with Crippen LogP contribution in [-0.4, -0.2) is 37.0 Å². The molecular formula is C16H20N2O3. The Labute approximate surface area is 124 Å². The van der Waals surface area contributed by atoms with E-state index in [0.29, 0.717) is 25.3 Å². The number of rotatable bonds is 3. The van der Waals surface area contributed by atoms with Crippen molar-refractivity contribution < 1.29 is 14.6 Å². The number of nitrogens with one attached hydrogen (secondary N) is 2. The van der Waals surface area contributed by atoms with E-state index in [4.69, 9.17) is 9.84 Å². The van der Waals surface area contributed by atoms with Crippen LogP contribution < -0.4 is 10.6 Å². The van der Waals surface area contributed by atoms with Gasteiger partial charge in [-0.1, -0.05) is 11.8 Å². The highest BCUT2D eigenvalue weighted by atomic mass is 16.5. The van der Waals surface area contributed by atoms with Crippen molar-refractivity contribution in [2.75, 3.05) is 25.1 Å². The predicted octanol–water partition coefficient (Wildman–Crippen LogP) is 1.64. The number of ether oxygens (including phenoxy) is 1. The van der Waals surface area contributed by atoms with E-state index in [1.807, 2.05) is 25.1 Å². The van der Waals surface area contributed by atoms with Gasteiger partial charge in [-0.3, -0.25) is 0 Å². The third-order valence-electron chi connectivity index (χ3n) is 3.07. The molecule has 1 atom stereocenters. The molecule has 3 N–H and O–H groups in total. The lowest BCUT2D eigenvalue weighted by Gasteiger charge is -2.12. The molecule has 0 aromatic heterocycles. The molecule has 112 valence electrons. The fourth-order valence-electron chi connectivity index (χ4n) is 2.15. The van der Waals surface area contributed by atoms with E-state index in [1.54, 1.807) is 0 Å². The minimum absolute atomic E-state index is 0.0514. The summed E-state index contributed by atoms with van der Waals surface area (Å²) in [4.78, 5) is 11.9. The fraction of sp³-hybridized carbons (Fsp3) is 0.438. The molecule has 1 aliphatic heterocycles. The number of amides is 2. The molecule has 1 unspecified atom stereocenters. The van der Waals surface area contributed by atoms with Crippen LogP contribution in [0.1, 0.15) is 24.0 Å². The maximum absolute atomic E-state index is 11.9. The van der Waals surface area contributed by atoms with Crippen LogP contribution in [-0.2, 0) is 4.74 Å². The van der Waals surface area contributed by atoms with E-state index < -0.39 is 0 Å². The number of hydrogen-bond donors (Lipinski definition) is 3. The van der Waals surface area contributed by atoms with Crippen molar-refractivity contribution in [2.24, 2.45) is 0 Å². The molecule has 0 bridgehead atoms. The SMILES string of the molecule is Cc1cc(C#CCCO)cc(NC(=O)NC2CCOC2)c1. The maximum atomic E-state index is 11.9. The summed E-state index contributed by atoms with van der Waals surface area (Å²) in [7, 11) is 0. The van der Waals surface area contributed by atoms with Crippen molar-refractivity contribution >= 4 is 11.7 Å². The third-order valence-corrected chi connectivity index (χ3v) is 3.07. The van der Waals surface area contributed by atoms with Crippen molar-refractivity contribution in [3.8, 4) is 11.8 Å². The van der Waals surface area contributed by atoms with Crippen LogP contribution in [0.4, 0.5) is 10.5 Å². The summed E-state index contributed by atoms with van der Waals surface area (Å²) in [5, 5.41) is 14.4. The first-order valence-corrected chi connectivity index (χ1v) is 7.04. The third kappa shape index (κ3) is 5.10. The number of benzene rings is 1. The first-order valence-electron chi connectivity index (χ1n) is 7.04. The van der Waals surface area contributed by atoms with E-state index in [9.17, 15) is 4.79 Å². The highest BCUT2D eigenvalue weighted by molar-refractivity contribution is 5.89. The number of carbonyl (C=O) groups is 1. The molecule has 2 amide bonds.